The van der Waals surface area contributed by atoms with Gasteiger partial charge >= 0.3 is 0 Å². The van der Waals surface area contributed by atoms with Gasteiger partial charge in [0, 0.05) is 17.9 Å². The van der Waals surface area contributed by atoms with Gasteiger partial charge in [0.15, 0.2) is 0 Å². The molecular formula is C19H16ClN3O2. The summed E-state index contributed by atoms with van der Waals surface area (Å²) in [7, 11) is 1.63. The molecule has 1 aliphatic heterocycles. The zero-order valence-electron chi connectivity index (χ0n) is 13.6. The Morgan fingerprint density at radius 3 is 2.88 bits per heavy atom. The average molecular weight is 354 g/mol. The molecule has 0 spiro atoms. The Labute approximate surface area is 150 Å². The molecule has 6 heteroatoms. The van der Waals surface area contributed by atoms with Gasteiger partial charge < -0.3 is 10.1 Å². The van der Waals surface area contributed by atoms with Crippen molar-refractivity contribution in [2.24, 2.45) is 0 Å². The lowest BCUT2D eigenvalue weighted by Gasteiger charge is -2.24. The van der Waals surface area contributed by atoms with E-state index in [-0.39, 0.29) is 11.8 Å². The number of amides is 1. The summed E-state index contributed by atoms with van der Waals surface area (Å²) in [6, 6.07) is 15.2. The first kappa shape index (κ1) is 15.7. The quantitative estimate of drug-likeness (QED) is 0.774. The van der Waals surface area contributed by atoms with Crippen LogP contribution in [0.15, 0.2) is 54.7 Å². The SMILES string of the molecule is COc1cccc(C2CC(=O)Nc3c2cnn3-c2ccccc2Cl)c1. The van der Waals surface area contributed by atoms with Crippen LogP contribution in [0.1, 0.15) is 23.5 Å². The van der Waals surface area contributed by atoms with Crippen molar-refractivity contribution in [1.29, 1.82) is 0 Å². The van der Waals surface area contributed by atoms with Gasteiger partial charge in [0.2, 0.25) is 5.91 Å². The molecule has 25 heavy (non-hydrogen) atoms. The fourth-order valence-electron chi connectivity index (χ4n) is 3.18. The van der Waals surface area contributed by atoms with Crippen LogP contribution in [-0.4, -0.2) is 22.8 Å². The molecular weight excluding hydrogens is 338 g/mol. The standard InChI is InChI=1S/C19H16ClN3O2/c1-25-13-6-4-5-12(9-13)14-10-18(24)22-19-15(14)11-21-23(19)17-8-3-2-7-16(17)20/h2-9,11,14H,10H2,1H3,(H,22,24). The number of ether oxygens (including phenoxy) is 1. The van der Waals surface area contributed by atoms with Crippen molar-refractivity contribution in [3.8, 4) is 11.4 Å². The van der Waals surface area contributed by atoms with Gasteiger partial charge in [-0.05, 0) is 29.8 Å². The lowest BCUT2D eigenvalue weighted by Crippen LogP contribution is -2.24. The first-order chi connectivity index (χ1) is 12.2. The second-order valence-electron chi connectivity index (χ2n) is 5.89. The zero-order chi connectivity index (χ0) is 17.4. The van der Waals surface area contributed by atoms with Crippen LogP contribution in [0.4, 0.5) is 5.82 Å². The summed E-state index contributed by atoms with van der Waals surface area (Å²) in [5.41, 5.74) is 2.72. The van der Waals surface area contributed by atoms with Gasteiger partial charge in [-0.1, -0.05) is 35.9 Å². The van der Waals surface area contributed by atoms with Crippen molar-refractivity contribution in [3.63, 3.8) is 0 Å². The lowest BCUT2D eigenvalue weighted by molar-refractivity contribution is -0.116. The average Bonchev–Trinajstić information content (AvgIpc) is 3.05. The Balaban J connectivity index is 1.83. The van der Waals surface area contributed by atoms with E-state index in [1.165, 1.54) is 0 Å². The van der Waals surface area contributed by atoms with E-state index in [9.17, 15) is 4.79 Å². The van der Waals surface area contributed by atoms with Gasteiger partial charge in [0.1, 0.15) is 11.6 Å². The van der Waals surface area contributed by atoms with E-state index in [0.29, 0.717) is 17.3 Å². The van der Waals surface area contributed by atoms with E-state index < -0.39 is 0 Å². The number of carbonyl (C=O) groups is 1. The molecule has 1 atom stereocenters. The number of halogens is 1. The fourth-order valence-corrected chi connectivity index (χ4v) is 3.40. The fraction of sp³-hybridized carbons (Fsp3) is 0.158. The highest BCUT2D eigenvalue weighted by atomic mass is 35.5. The molecule has 1 amide bonds. The predicted octanol–water partition coefficient (Wildman–Crippen LogP) is 4.01. The molecule has 0 radical (unpaired) electrons. The highest BCUT2D eigenvalue weighted by molar-refractivity contribution is 6.32. The minimum absolute atomic E-state index is 0.0471. The molecule has 0 saturated heterocycles. The second kappa shape index (κ2) is 6.26. The molecule has 4 rings (SSSR count). The molecule has 0 aliphatic carbocycles. The van der Waals surface area contributed by atoms with Crippen LogP contribution in [0.2, 0.25) is 5.02 Å². The Hall–Kier alpha value is -2.79. The van der Waals surface area contributed by atoms with Gasteiger partial charge in [0.25, 0.3) is 0 Å². The number of anilines is 1. The summed E-state index contributed by atoms with van der Waals surface area (Å²) in [6.45, 7) is 0. The van der Waals surface area contributed by atoms with Crippen molar-refractivity contribution in [1.82, 2.24) is 9.78 Å². The highest BCUT2D eigenvalue weighted by Gasteiger charge is 2.30. The molecule has 2 heterocycles. The van der Waals surface area contributed by atoms with Gasteiger partial charge in [0.05, 0.1) is 24.0 Å². The van der Waals surface area contributed by atoms with Gasteiger partial charge in [-0.2, -0.15) is 5.10 Å². The molecule has 1 unspecified atom stereocenters. The molecule has 0 bridgehead atoms. The van der Waals surface area contributed by atoms with Crippen LogP contribution in [0.5, 0.6) is 5.75 Å². The third-order valence-electron chi connectivity index (χ3n) is 4.40. The summed E-state index contributed by atoms with van der Waals surface area (Å²) in [4.78, 5) is 12.3. The number of benzene rings is 2. The van der Waals surface area contributed by atoms with Gasteiger partial charge in [-0.15, -0.1) is 0 Å². The van der Waals surface area contributed by atoms with Crippen LogP contribution >= 0.6 is 11.6 Å². The number of nitrogens with one attached hydrogen (secondary N) is 1. The highest BCUT2D eigenvalue weighted by Crippen LogP contribution is 2.39. The number of nitrogens with zero attached hydrogens (tertiary/aromatic N) is 2. The first-order valence-electron chi connectivity index (χ1n) is 7.94. The number of aromatic nitrogens is 2. The number of methoxy groups -OCH3 is 1. The van der Waals surface area contributed by atoms with Crippen molar-refractivity contribution in [3.05, 3.63) is 70.9 Å². The van der Waals surface area contributed by atoms with E-state index in [0.717, 1.165) is 22.6 Å². The number of hydrogen-bond acceptors (Lipinski definition) is 3. The molecule has 1 aliphatic rings. The van der Waals surface area contributed by atoms with E-state index in [4.69, 9.17) is 16.3 Å². The normalized spacial score (nSPS) is 16.2. The summed E-state index contributed by atoms with van der Waals surface area (Å²) in [5.74, 6) is 1.31. The topological polar surface area (TPSA) is 56.1 Å². The van der Waals surface area contributed by atoms with Gasteiger partial charge in [-0.25, -0.2) is 4.68 Å². The van der Waals surface area contributed by atoms with Crippen LogP contribution in [-0.2, 0) is 4.79 Å². The Morgan fingerprint density at radius 2 is 2.08 bits per heavy atom. The maximum absolute atomic E-state index is 12.3. The summed E-state index contributed by atoms with van der Waals surface area (Å²) < 4.78 is 6.99. The summed E-state index contributed by atoms with van der Waals surface area (Å²) in [5, 5.41) is 7.98. The molecule has 126 valence electrons. The third-order valence-corrected chi connectivity index (χ3v) is 4.72. The minimum atomic E-state index is -0.0740. The number of fused-ring (bicyclic) bond motifs is 1. The Bertz CT molecular complexity index is 951. The van der Waals surface area contributed by atoms with E-state index >= 15 is 0 Å². The van der Waals surface area contributed by atoms with Crippen molar-refractivity contribution >= 4 is 23.3 Å². The number of hydrogen-bond donors (Lipinski definition) is 1. The van der Waals surface area contributed by atoms with E-state index in [1.807, 2.05) is 42.5 Å². The zero-order valence-corrected chi connectivity index (χ0v) is 14.3. The predicted molar refractivity (Wildman–Crippen MR) is 96.7 cm³/mol. The summed E-state index contributed by atoms with van der Waals surface area (Å²) >= 11 is 6.30. The third kappa shape index (κ3) is 2.76. The number of rotatable bonds is 3. The van der Waals surface area contributed by atoms with Crippen LogP contribution in [0.3, 0.4) is 0 Å². The lowest BCUT2D eigenvalue weighted by atomic mass is 9.87. The van der Waals surface area contributed by atoms with Crippen LogP contribution < -0.4 is 10.1 Å². The van der Waals surface area contributed by atoms with Gasteiger partial charge in [-0.3, -0.25) is 4.79 Å². The van der Waals surface area contributed by atoms with Crippen LogP contribution in [0, 0.1) is 0 Å². The molecule has 5 nitrogen and oxygen atoms in total. The Morgan fingerprint density at radius 1 is 1.24 bits per heavy atom. The smallest absolute Gasteiger partial charge is 0.226 e. The molecule has 0 saturated carbocycles. The van der Waals surface area contributed by atoms with Crippen LogP contribution in [0.25, 0.3) is 5.69 Å². The largest absolute Gasteiger partial charge is 0.497 e. The maximum Gasteiger partial charge on any atom is 0.226 e. The second-order valence-corrected chi connectivity index (χ2v) is 6.30. The first-order valence-corrected chi connectivity index (χ1v) is 8.32. The molecule has 3 aromatic rings. The van der Waals surface area contributed by atoms with Crippen molar-refractivity contribution in [2.45, 2.75) is 12.3 Å². The van der Waals surface area contributed by atoms with Crippen molar-refractivity contribution in [2.75, 3.05) is 12.4 Å². The minimum Gasteiger partial charge on any atom is -0.497 e. The van der Waals surface area contributed by atoms with E-state index in [1.54, 1.807) is 24.1 Å². The van der Waals surface area contributed by atoms with E-state index in [2.05, 4.69) is 10.4 Å². The molecule has 1 aromatic heterocycles. The maximum atomic E-state index is 12.3. The van der Waals surface area contributed by atoms with Crippen molar-refractivity contribution < 1.29 is 9.53 Å². The monoisotopic (exact) mass is 353 g/mol. The molecule has 0 fully saturated rings. The summed E-state index contributed by atoms with van der Waals surface area (Å²) in [6.07, 6.45) is 2.16. The number of carbonyl (C=O) groups excluding carboxylic acids is 1. The molecule has 2 aromatic carbocycles. The molecule has 1 N–H and O–H groups in total. The number of para-hydroxylation sites is 1. The Kier molecular flexibility index (Phi) is 3.93.